The Balaban J connectivity index is 2.13. The SMILES string of the molecule is CC1(NC(=O)c2ccoc2Cl)CCS(=O)(=O)C1. The van der Waals surface area contributed by atoms with Crippen LogP contribution in [-0.4, -0.2) is 31.4 Å². The third-order valence-electron chi connectivity index (χ3n) is 2.78. The number of hydrogen-bond acceptors (Lipinski definition) is 4. The largest absolute Gasteiger partial charge is 0.452 e. The second-order valence-electron chi connectivity index (χ2n) is 4.46. The van der Waals surface area contributed by atoms with Crippen LogP contribution < -0.4 is 5.32 Å². The Hall–Kier alpha value is -1.01. The molecule has 0 bridgehead atoms. The van der Waals surface area contributed by atoms with Gasteiger partial charge in [-0.15, -0.1) is 0 Å². The molecule has 1 fully saturated rings. The van der Waals surface area contributed by atoms with Gasteiger partial charge in [-0.05, 0) is 31.0 Å². The smallest absolute Gasteiger partial charge is 0.256 e. The number of carbonyl (C=O) groups is 1. The van der Waals surface area contributed by atoms with Gasteiger partial charge in [0.15, 0.2) is 9.84 Å². The molecule has 1 unspecified atom stereocenters. The van der Waals surface area contributed by atoms with E-state index < -0.39 is 21.3 Å². The number of sulfone groups is 1. The summed E-state index contributed by atoms with van der Waals surface area (Å²) in [6, 6.07) is 1.45. The molecule has 1 saturated heterocycles. The van der Waals surface area contributed by atoms with Crippen molar-refractivity contribution in [3.63, 3.8) is 0 Å². The molecule has 0 aliphatic carbocycles. The van der Waals surface area contributed by atoms with Crippen LogP contribution in [0.1, 0.15) is 23.7 Å². The van der Waals surface area contributed by atoms with Gasteiger partial charge in [0, 0.05) is 0 Å². The maximum Gasteiger partial charge on any atom is 0.256 e. The van der Waals surface area contributed by atoms with Crippen molar-refractivity contribution in [2.24, 2.45) is 0 Å². The average Bonchev–Trinajstić information content (AvgIpc) is 2.70. The fraction of sp³-hybridized carbons (Fsp3) is 0.500. The van der Waals surface area contributed by atoms with Gasteiger partial charge in [0.25, 0.3) is 5.91 Å². The summed E-state index contributed by atoms with van der Waals surface area (Å²) >= 11 is 5.68. The molecule has 2 rings (SSSR count). The van der Waals surface area contributed by atoms with Crippen LogP contribution >= 0.6 is 11.6 Å². The van der Waals surface area contributed by atoms with Crippen LogP contribution in [0, 0.1) is 0 Å². The Kier molecular flexibility index (Phi) is 2.95. The van der Waals surface area contributed by atoms with Crippen molar-refractivity contribution in [2.75, 3.05) is 11.5 Å². The van der Waals surface area contributed by atoms with E-state index >= 15 is 0 Å². The second-order valence-corrected chi connectivity index (χ2v) is 6.99. The fourth-order valence-electron chi connectivity index (χ4n) is 1.91. The molecule has 0 aromatic carbocycles. The first-order valence-corrected chi connectivity index (χ1v) is 7.27. The van der Waals surface area contributed by atoms with Crippen molar-refractivity contribution in [2.45, 2.75) is 18.9 Å². The van der Waals surface area contributed by atoms with Crippen molar-refractivity contribution in [3.8, 4) is 0 Å². The van der Waals surface area contributed by atoms with Crippen LogP contribution in [0.2, 0.25) is 5.22 Å². The molecule has 0 saturated carbocycles. The molecule has 94 valence electrons. The lowest BCUT2D eigenvalue weighted by Crippen LogP contribution is -2.46. The van der Waals surface area contributed by atoms with E-state index in [0.29, 0.717) is 6.42 Å². The highest BCUT2D eigenvalue weighted by atomic mass is 35.5. The van der Waals surface area contributed by atoms with Gasteiger partial charge >= 0.3 is 0 Å². The van der Waals surface area contributed by atoms with Crippen LogP contribution in [0.5, 0.6) is 0 Å². The quantitative estimate of drug-likeness (QED) is 0.882. The molecular weight excluding hydrogens is 266 g/mol. The number of furan rings is 1. The van der Waals surface area contributed by atoms with E-state index in [4.69, 9.17) is 16.0 Å². The summed E-state index contributed by atoms with van der Waals surface area (Å²) in [5.41, 5.74) is -0.506. The minimum Gasteiger partial charge on any atom is -0.452 e. The number of rotatable bonds is 2. The molecule has 1 atom stereocenters. The van der Waals surface area contributed by atoms with Crippen LogP contribution in [0.3, 0.4) is 0 Å². The van der Waals surface area contributed by atoms with Gasteiger partial charge in [0.1, 0.15) is 0 Å². The van der Waals surface area contributed by atoms with Crippen LogP contribution in [-0.2, 0) is 9.84 Å². The summed E-state index contributed by atoms with van der Waals surface area (Å²) in [7, 11) is -3.05. The Morgan fingerprint density at radius 3 is 2.76 bits per heavy atom. The minimum atomic E-state index is -3.05. The standard InChI is InChI=1S/C10H12ClNO4S/c1-10(3-5-17(14,15)6-10)12-9(13)7-2-4-16-8(7)11/h2,4H,3,5-6H2,1H3,(H,12,13). The molecule has 17 heavy (non-hydrogen) atoms. The Labute approximate surface area is 104 Å². The van der Waals surface area contributed by atoms with Crippen molar-refractivity contribution in [3.05, 3.63) is 23.1 Å². The molecule has 0 radical (unpaired) electrons. The van der Waals surface area contributed by atoms with Gasteiger partial charge in [-0.25, -0.2) is 8.42 Å². The monoisotopic (exact) mass is 277 g/mol. The Morgan fingerprint density at radius 1 is 1.59 bits per heavy atom. The zero-order chi connectivity index (χ0) is 12.7. The van der Waals surface area contributed by atoms with Crippen molar-refractivity contribution in [1.29, 1.82) is 0 Å². The first-order valence-electron chi connectivity index (χ1n) is 5.07. The van der Waals surface area contributed by atoms with E-state index in [0.717, 1.165) is 0 Å². The van der Waals surface area contributed by atoms with Crippen molar-refractivity contribution >= 4 is 27.3 Å². The van der Waals surface area contributed by atoms with Gasteiger partial charge in [-0.2, -0.15) is 0 Å². The lowest BCUT2D eigenvalue weighted by Gasteiger charge is -2.23. The normalized spacial score (nSPS) is 26.9. The van der Waals surface area contributed by atoms with E-state index in [2.05, 4.69) is 5.32 Å². The number of hydrogen-bond donors (Lipinski definition) is 1. The third kappa shape index (κ3) is 2.63. The van der Waals surface area contributed by atoms with E-state index in [1.807, 2.05) is 0 Å². The maximum atomic E-state index is 11.8. The lowest BCUT2D eigenvalue weighted by atomic mass is 10.0. The molecule has 1 N–H and O–H groups in total. The summed E-state index contributed by atoms with van der Waals surface area (Å²) in [5, 5.41) is 2.70. The van der Waals surface area contributed by atoms with Gasteiger partial charge < -0.3 is 9.73 Å². The molecular formula is C10H12ClNO4S. The third-order valence-corrected chi connectivity index (χ3v) is 4.98. The molecule has 1 amide bonds. The topological polar surface area (TPSA) is 76.4 Å². The van der Waals surface area contributed by atoms with Crippen LogP contribution in [0.4, 0.5) is 0 Å². The highest BCUT2D eigenvalue weighted by Gasteiger charge is 2.39. The predicted octanol–water partition coefficient (Wildman–Crippen LogP) is 1.24. The summed E-state index contributed by atoms with van der Waals surface area (Å²) in [5.74, 6) is -0.354. The fourth-order valence-corrected chi connectivity index (χ4v) is 4.20. The zero-order valence-corrected chi connectivity index (χ0v) is 10.8. The molecule has 0 spiro atoms. The highest BCUT2D eigenvalue weighted by molar-refractivity contribution is 7.91. The first-order chi connectivity index (χ1) is 7.81. The molecule has 1 aliphatic heterocycles. The van der Waals surface area contributed by atoms with E-state index in [-0.39, 0.29) is 22.3 Å². The summed E-state index contributed by atoms with van der Waals surface area (Å²) in [4.78, 5) is 11.8. The first kappa shape index (κ1) is 12.4. The van der Waals surface area contributed by atoms with Gasteiger partial charge in [-0.3, -0.25) is 4.79 Å². The average molecular weight is 278 g/mol. The van der Waals surface area contributed by atoms with Crippen LogP contribution in [0.15, 0.2) is 16.7 Å². The molecule has 1 aromatic heterocycles. The number of amides is 1. The predicted molar refractivity (Wildman–Crippen MR) is 62.9 cm³/mol. The molecule has 1 aromatic rings. The minimum absolute atomic E-state index is 0.00644. The molecule has 1 aliphatic rings. The van der Waals surface area contributed by atoms with Crippen molar-refractivity contribution in [1.82, 2.24) is 5.32 Å². The number of carbonyl (C=O) groups excluding carboxylic acids is 1. The Bertz CT molecular complexity index is 550. The van der Waals surface area contributed by atoms with E-state index in [9.17, 15) is 13.2 Å². The van der Waals surface area contributed by atoms with E-state index in [1.165, 1.54) is 12.3 Å². The number of nitrogens with one attached hydrogen (secondary N) is 1. The highest BCUT2D eigenvalue weighted by Crippen LogP contribution is 2.24. The van der Waals surface area contributed by atoms with Gasteiger partial charge in [-0.1, -0.05) is 0 Å². The maximum absolute atomic E-state index is 11.8. The van der Waals surface area contributed by atoms with Gasteiger partial charge in [0.2, 0.25) is 5.22 Å². The number of halogens is 1. The van der Waals surface area contributed by atoms with Gasteiger partial charge in [0.05, 0.1) is 28.9 Å². The summed E-state index contributed by atoms with van der Waals surface area (Å²) < 4.78 is 27.6. The molecule has 7 heteroatoms. The zero-order valence-electron chi connectivity index (χ0n) is 9.20. The molecule has 5 nitrogen and oxygen atoms in total. The van der Waals surface area contributed by atoms with Crippen molar-refractivity contribution < 1.29 is 17.6 Å². The second kappa shape index (κ2) is 4.03. The Morgan fingerprint density at radius 2 is 2.29 bits per heavy atom. The summed E-state index contributed by atoms with van der Waals surface area (Å²) in [6.07, 6.45) is 1.72. The van der Waals surface area contributed by atoms with E-state index in [1.54, 1.807) is 6.92 Å². The lowest BCUT2D eigenvalue weighted by molar-refractivity contribution is 0.0915. The summed E-state index contributed by atoms with van der Waals surface area (Å²) in [6.45, 7) is 1.71. The van der Waals surface area contributed by atoms with Crippen LogP contribution in [0.25, 0.3) is 0 Å². The molecule has 2 heterocycles.